The first-order valence-electron chi connectivity index (χ1n) is 5.40. The third-order valence-electron chi connectivity index (χ3n) is 2.58. The largest absolute Gasteiger partial charge is 0.488 e. The van der Waals surface area contributed by atoms with E-state index in [1.54, 1.807) is 13.1 Å². The van der Waals surface area contributed by atoms with Crippen LogP contribution in [0.1, 0.15) is 6.42 Å². The lowest BCUT2D eigenvalue weighted by atomic mass is 10.2. The first-order valence-corrected chi connectivity index (χ1v) is 5.40. The highest BCUT2D eigenvalue weighted by atomic mass is 16.6. The molecule has 1 aromatic carbocycles. The maximum Gasteiger partial charge on any atom is 0.275 e. The second-order valence-corrected chi connectivity index (χ2v) is 3.83. The van der Waals surface area contributed by atoms with Crippen LogP contribution in [0.2, 0.25) is 0 Å². The number of hydrogen-bond acceptors (Lipinski definition) is 5. The summed E-state index contributed by atoms with van der Waals surface area (Å²) in [6.07, 6.45) is 0.805. The van der Waals surface area contributed by atoms with Crippen molar-refractivity contribution in [2.45, 2.75) is 12.5 Å². The molecule has 1 heterocycles. The molecule has 0 saturated carbocycles. The van der Waals surface area contributed by atoms with Gasteiger partial charge in [0.1, 0.15) is 11.9 Å². The van der Waals surface area contributed by atoms with Crippen molar-refractivity contribution in [1.82, 2.24) is 0 Å². The highest BCUT2D eigenvalue weighted by Crippen LogP contribution is 2.27. The van der Waals surface area contributed by atoms with Gasteiger partial charge >= 0.3 is 0 Å². The summed E-state index contributed by atoms with van der Waals surface area (Å²) in [5, 5.41) is 13.6. The zero-order valence-corrected chi connectivity index (χ0v) is 9.51. The molecule has 0 radical (unpaired) electrons. The Morgan fingerprint density at radius 1 is 1.53 bits per heavy atom. The van der Waals surface area contributed by atoms with E-state index < -0.39 is 4.92 Å². The number of rotatable bonds is 4. The smallest absolute Gasteiger partial charge is 0.275 e. The number of anilines is 1. The van der Waals surface area contributed by atoms with Crippen molar-refractivity contribution >= 4 is 11.4 Å². The van der Waals surface area contributed by atoms with Gasteiger partial charge in [-0.05, 0) is 0 Å². The third-order valence-corrected chi connectivity index (χ3v) is 2.58. The Morgan fingerprint density at radius 2 is 2.35 bits per heavy atom. The van der Waals surface area contributed by atoms with E-state index in [9.17, 15) is 10.1 Å². The lowest BCUT2D eigenvalue weighted by molar-refractivity contribution is -0.384. The molecule has 1 saturated heterocycles. The van der Waals surface area contributed by atoms with Gasteiger partial charge in [-0.15, -0.1) is 0 Å². The molecule has 1 aliphatic heterocycles. The molecule has 0 aliphatic carbocycles. The number of nitrogens with one attached hydrogen (secondary N) is 1. The maximum atomic E-state index is 10.8. The van der Waals surface area contributed by atoms with E-state index in [2.05, 4.69) is 5.32 Å². The summed E-state index contributed by atoms with van der Waals surface area (Å²) in [6.45, 7) is 1.22. The second kappa shape index (κ2) is 5.01. The van der Waals surface area contributed by atoms with Crippen molar-refractivity contribution in [3.05, 3.63) is 28.3 Å². The average Bonchev–Trinajstić information content (AvgIpc) is 2.81. The first kappa shape index (κ1) is 11.7. The Hall–Kier alpha value is -1.82. The zero-order chi connectivity index (χ0) is 12.3. The number of benzene rings is 1. The van der Waals surface area contributed by atoms with Gasteiger partial charge in [0.05, 0.1) is 24.2 Å². The number of nitro benzene ring substituents is 1. The van der Waals surface area contributed by atoms with E-state index in [0.717, 1.165) is 6.42 Å². The van der Waals surface area contributed by atoms with Crippen molar-refractivity contribution in [2.75, 3.05) is 25.6 Å². The SMILES string of the molecule is CNc1cc(OC2CCOC2)cc([N+](=O)[O-])c1. The number of non-ortho nitro benzene ring substituents is 1. The molecule has 1 unspecified atom stereocenters. The molecular weight excluding hydrogens is 224 g/mol. The molecule has 1 fully saturated rings. The molecule has 2 rings (SSSR count). The summed E-state index contributed by atoms with van der Waals surface area (Å²) in [6, 6.07) is 4.64. The Balaban J connectivity index is 2.19. The van der Waals surface area contributed by atoms with Gasteiger partial charge in [0.15, 0.2) is 0 Å². The minimum atomic E-state index is -0.432. The van der Waals surface area contributed by atoms with Crippen LogP contribution in [0.25, 0.3) is 0 Å². The molecule has 6 nitrogen and oxygen atoms in total. The van der Waals surface area contributed by atoms with Gasteiger partial charge in [-0.1, -0.05) is 0 Å². The van der Waals surface area contributed by atoms with Crippen LogP contribution < -0.4 is 10.1 Å². The first-order chi connectivity index (χ1) is 8.19. The Morgan fingerprint density at radius 3 is 2.94 bits per heavy atom. The van der Waals surface area contributed by atoms with E-state index in [1.165, 1.54) is 12.1 Å². The summed E-state index contributed by atoms with van der Waals surface area (Å²) in [5.74, 6) is 0.499. The van der Waals surface area contributed by atoms with Crippen LogP contribution in [0.15, 0.2) is 18.2 Å². The molecule has 0 spiro atoms. The van der Waals surface area contributed by atoms with Crippen LogP contribution in [0.5, 0.6) is 5.75 Å². The van der Waals surface area contributed by atoms with Gasteiger partial charge in [-0.3, -0.25) is 10.1 Å². The minimum absolute atomic E-state index is 0.0123. The molecule has 6 heteroatoms. The summed E-state index contributed by atoms with van der Waals surface area (Å²) in [4.78, 5) is 10.3. The normalized spacial score (nSPS) is 19.0. The van der Waals surface area contributed by atoms with Gasteiger partial charge < -0.3 is 14.8 Å². The Kier molecular flexibility index (Phi) is 3.43. The molecule has 1 atom stereocenters. The summed E-state index contributed by atoms with van der Waals surface area (Å²) in [7, 11) is 1.71. The van der Waals surface area contributed by atoms with Crippen molar-refractivity contribution in [2.24, 2.45) is 0 Å². The van der Waals surface area contributed by atoms with Gasteiger partial charge in [0.2, 0.25) is 0 Å². The van der Waals surface area contributed by atoms with Crippen LogP contribution >= 0.6 is 0 Å². The average molecular weight is 238 g/mol. The van der Waals surface area contributed by atoms with E-state index in [-0.39, 0.29) is 11.8 Å². The molecule has 1 N–H and O–H groups in total. The fourth-order valence-corrected chi connectivity index (χ4v) is 1.70. The molecule has 0 aromatic heterocycles. The molecule has 0 amide bonds. The number of nitrogens with zero attached hydrogens (tertiary/aromatic N) is 1. The van der Waals surface area contributed by atoms with Gasteiger partial charge in [-0.25, -0.2) is 0 Å². The Labute approximate surface area is 98.7 Å². The molecule has 1 aliphatic rings. The lowest BCUT2D eigenvalue weighted by Crippen LogP contribution is -2.15. The van der Waals surface area contributed by atoms with Gasteiger partial charge in [0, 0.05) is 31.3 Å². The number of hydrogen-bond donors (Lipinski definition) is 1. The quantitative estimate of drug-likeness (QED) is 0.639. The topological polar surface area (TPSA) is 73.6 Å². The predicted octanol–water partition coefficient (Wildman–Crippen LogP) is 1.80. The summed E-state index contributed by atoms with van der Waals surface area (Å²) >= 11 is 0. The molecule has 1 aromatic rings. The van der Waals surface area contributed by atoms with E-state index in [4.69, 9.17) is 9.47 Å². The second-order valence-electron chi connectivity index (χ2n) is 3.83. The van der Waals surface area contributed by atoms with Crippen LogP contribution in [-0.4, -0.2) is 31.3 Å². The summed E-state index contributed by atoms with van der Waals surface area (Å²) in [5.41, 5.74) is 0.680. The van der Waals surface area contributed by atoms with Crippen LogP contribution in [0.4, 0.5) is 11.4 Å². The highest BCUT2D eigenvalue weighted by molar-refractivity contribution is 5.56. The zero-order valence-electron chi connectivity index (χ0n) is 9.51. The van der Waals surface area contributed by atoms with E-state index in [1.807, 2.05) is 0 Å². The van der Waals surface area contributed by atoms with Crippen LogP contribution in [0, 0.1) is 10.1 Å². The Bertz CT molecular complexity index is 416. The van der Waals surface area contributed by atoms with Crippen LogP contribution in [-0.2, 0) is 4.74 Å². The number of nitro groups is 1. The molecule has 17 heavy (non-hydrogen) atoms. The van der Waals surface area contributed by atoms with Crippen molar-refractivity contribution in [3.8, 4) is 5.75 Å². The molecule has 92 valence electrons. The monoisotopic (exact) mass is 238 g/mol. The highest BCUT2D eigenvalue weighted by Gasteiger charge is 2.19. The van der Waals surface area contributed by atoms with E-state index in [0.29, 0.717) is 24.7 Å². The standard InChI is InChI=1S/C11H14N2O4/c1-12-8-4-9(13(14)15)6-11(5-8)17-10-2-3-16-7-10/h4-6,10,12H,2-3,7H2,1H3. The summed E-state index contributed by atoms with van der Waals surface area (Å²) < 4.78 is 10.8. The predicted molar refractivity (Wildman–Crippen MR) is 62.5 cm³/mol. The van der Waals surface area contributed by atoms with Crippen molar-refractivity contribution < 1.29 is 14.4 Å². The fraction of sp³-hybridized carbons (Fsp3) is 0.455. The maximum absolute atomic E-state index is 10.8. The number of ether oxygens (including phenoxy) is 2. The molecular formula is C11H14N2O4. The van der Waals surface area contributed by atoms with Gasteiger partial charge in [0.25, 0.3) is 5.69 Å². The lowest BCUT2D eigenvalue weighted by Gasteiger charge is -2.12. The van der Waals surface area contributed by atoms with E-state index >= 15 is 0 Å². The van der Waals surface area contributed by atoms with Gasteiger partial charge in [-0.2, -0.15) is 0 Å². The third kappa shape index (κ3) is 2.85. The minimum Gasteiger partial charge on any atom is -0.488 e. The van der Waals surface area contributed by atoms with Crippen LogP contribution in [0.3, 0.4) is 0 Å². The van der Waals surface area contributed by atoms with Crippen molar-refractivity contribution in [1.29, 1.82) is 0 Å². The fourth-order valence-electron chi connectivity index (χ4n) is 1.70. The molecule has 0 bridgehead atoms. The van der Waals surface area contributed by atoms with Crippen molar-refractivity contribution in [3.63, 3.8) is 0 Å².